The average molecular weight is 255 g/mol. The summed E-state index contributed by atoms with van der Waals surface area (Å²) in [6, 6.07) is 0. The Morgan fingerprint density at radius 1 is 0.875 bits per heavy atom. The Kier molecular flexibility index (Phi) is 19.2. The van der Waals surface area contributed by atoms with Crippen LogP contribution in [0.25, 0.3) is 0 Å². The van der Waals surface area contributed by atoms with Gasteiger partial charge in [-0.15, -0.1) is 0 Å². The SMILES string of the molecule is CC1=CC=CC1.CC1=CC=CC1.CO.[CH3-].[Ti]. The summed E-state index contributed by atoms with van der Waals surface area (Å²) in [5.41, 5.74) is 2.94. The van der Waals surface area contributed by atoms with Crippen LogP contribution in [0.5, 0.6) is 0 Å². The topological polar surface area (TPSA) is 20.2 Å². The molecule has 2 heteroatoms. The van der Waals surface area contributed by atoms with Gasteiger partial charge in [-0.25, -0.2) is 0 Å². The van der Waals surface area contributed by atoms with Crippen LogP contribution < -0.4 is 0 Å². The van der Waals surface area contributed by atoms with Crippen LogP contribution in [0, 0.1) is 7.43 Å². The van der Waals surface area contributed by atoms with Gasteiger partial charge in [0.15, 0.2) is 0 Å². The summed E-state index contributed by atoms with van der Waals surface area (Å²) in [4.78, 5) is 0. The minimum atomic E-state index is 0. The predicted molar refractivity (Wildman–Crippen MR) is 69.6 cm³/mol. The summed E-state index contributed by atoms with van der Waals surface area (Å²) in [5.74, 6) is 0. The van der Waals surface area contributed by atoms with E-state index >= 15 is 0 Å². The molecule has 0 aromatic rings. The number of hydrogen-bond acceptors (Lipinski definition) is 1. The fourth-order valence-electron chi connectivity index (χ4n) is 1.11. The second-order valence-corrected chi connectivity index (χ2v) is 3.29. The van der Waals surface area contributed by atoms with E-state index in [0.29, 0.717) is 0 Å². The number of hydrogen-bond donors (Lipinski definition) is 1. The molecule has 1 N–H and O–H groups in total. The molecule has 2 aliphatic rings. The van der Waals surface area contributed by atoms with Crippen LogP contribution in [0.1, 0.15) is 26.7 Å². The molecule has 0 saturated heterocycles. The van der Waals surface area contributed by atoms with E-state index in [1.807, 2.05) is 0 Å². The Balaban J connectivity index is -0.000000165. The van der Waals surface area contributed by atoms with Crippen molar-refractivity contribution >= 4 is 0 Å². The van der Waals surface area contributed by atoms with Crippen LogP contribution >= 0.6 is 0 Å². The summed E-state index contributed by atoms with van der Waals surface area (Å²) in [6.07, 6.45) is 15.1. The molecule has 0 unspecified atom stereocenters. The first-order valence-electron chi connectivity index (χ1n) is 4.88. The number of aliphatic hydroxyl groups is 1. The molecular formula is C14H23OTi-. The normalized spacial score (nSPS) is 14.2. The van der Waals surface area contributed by atoms with E-state index in [-0.39, 0.29) is 29.1 Å². The number of aliphatic hydroxyl groups excluding tert-OH is 1. The van der Waals surface area contributed by atoms with Gasteiger partial charge in [0.2, 0.25) is 0 Å². The minimum absolute atomic E-state index is 0. The molecule has 90 valence electrons. The molecule has 0 aliphatic heterocycles. The maximum Gasteiger partial charge on any atom is 0.0319 e. The Bertz CT molecular complexity index is 232. The molecule has 1 nitrogen and oxygen atoms in total. The van der Waals surface area contributed by atoms with Crippen molar-refractivity contribution < 1.29 is 26.8 Å². The van der Waals surface area contributed by atoms with Crippen molar-refractivity contribution in [1.82, 2.24) is 0 Å². The Morgan fingerprint density at radius 3 is 1.25 bits per heavy atom. The van der Waals surface area contributed by atoms with Crippen LogP contribution in [-0.2, 0) is 21.7 Å². The summed E-state index contributed by atoms with van der Waals surface area (Å²) in [5, 5.41) is 7.00. The van der Waals surface area contributed by atoms with E-state index in [0.717, 1.165) is 7.11 Å². The van der Waals surface area contributed by atoms with Crippen LogP contribution in [0.4, 0.5) is 0 Å². The van der Waals surface area contributed by atoms with Gasteiger partial charge in [-0.05, 0) is 26.7 Å². The summed E-state index contributed by atoms with van der Waals surface area (Å²) < 4.78 is 0. The second-order valence-electron chi connectivity index (χ2n) is 3.29. The van der Waals surface area contributed by atoms with E-state index in [9.17, 15) is 0 Å². The summed E-state index contributed by atoms with van der Waals surface area (Å²) in [6.45, 7) is 4.28. The monoisotopic (exact) mass is 255 g/mol. The van der Waals surface area contributed by atoms with Crippen LogP contribution in [0.2, 0.25) is 0 Å². The van der Waals surface area contributed by atoms with Gasteiger partial charge in [0.1, 0.15) is 0 Å². The second kappa shape index (κ2) is 14.6. The summed E-state index contributed by atoms with van der Waals surface area (Å²) in [7, 11) is 1.00. The maximum atomic E-state index is 7.00. The fourth-order valence-corrected chi connectivity index (χ4v) is 1.11. The first-order valence-corrected chi connectivity index (χ1v) is 4.88. The molecule has 0 spiro atoms. The third-order valence-electron chi connectivity index (χ3n) is 1.91. The largest absolute Gasteiger partial charge is 0.400 e. The Hall–Kier alpha value is -0.366. The number of allylic oxidation sites excluding steroid dienone is 8. The van der Waals surface area contributed by atoms with Gasteiger partial charge in [-0.1, -0.05) is 47.6 Å². The van der Waals surface area contributed by atoms with Gasteiger partial charge in [-0.2, -0.15) is 0 Å². The van der Waals surface area contributed by atoms with Gasteiger partial charge in [-0.3, -0.25) is 0 Å². The zero-order chi connectivity index (χ0) is 10.8. The molecule has 0 aromatic heterocycles. The molecular weight excluding hydrogens is 232 g/mol. The molecule has 16 heavy (non-hydrogen) atoms. The molecule has 0 saturated carbocycles. The first-order chi connectivity index (χ1) is 6.79. The van der Waals surface area contributed by atoms with Gasteiger partial charge >= 0.3 is 0 Å². The van der Waals surface area contributed by atoms with Crippen LogP contribution in [-0.4, -0.2) is 12.2 Å². The fraction of sp³-hybridized carbons (Fsp3) is 0.357. The van der Waals surface area contributed by atoms with Gasteiger partial charge in [0.25, 0.3) is 0 Å². The van der Waals surface area contributed by atoms with E-state index in [1.165, 1.54) is 24.0 Å². The van der Waals surface area contributed by atoms with Crippen molar-refractivity contribution in [1.29, 1.82) is 0 Å². The van der Waals surface area contributed by atoms with Crippen molar-refractivity contribution in [2.45, 2.75) is 26.7 Å². The molecule has 0 radical (unpaired) electrons. The molecule has 0 aromatic carbocycles. The van der Waals surface area contributed by atoms with E-state index in [1.54, 1.807) is 0 Å². The Morgan fingerprint density at radius 2 is 1.19 bits per heavy atom. The molecule has 2 aliphatic carbocycles. The third kappa shape index (κ3) is 11.7. The van der Waals surface area contributed by atoms with Gasteiger partial charge in [0, 0.05) is 28.8 Å². The van der Waals surface area contributed by atoms with Crippen molar-refractivity contribution in [3.8, 4) is 0 Å². The molecule has 0 fully saturated rings. The van der Waals surface area contributed by atoms with E-state index in [4.69, 9.17) is 5.11 Å². The van der Waals surface area contributed by atoms with Gasteiger partial charge in [0.05, 0.1) is 0 Å². The quantitative estimate of drug-likeness (QED) is 0.515. The third-order valence-corrected chi connectivity index (χ3v) is 1.91. The molecule has 0 heterocycles. The van der Waals surface area contributed by atoms with Crippen molar-refractivity contribution in [3.05, 3.63) is 55.0 Å². The standard InChI is InChI=1S/2C6H8.CH4O.CH3.Ti/c2*1-6-4-2-3-5-6;1-2;;/h2*2-4H,5H2,1H3;2H,1H3;1H3;/q;;;-1;. The van der Waals surface area contributed by atoms with Crippen LogP contribution in [0.15, 0.2) is 47.6 Å². The zero-order valence-corrected chi connectivity index (χ0v) is 12.4. The molecule has 2 rings (SSSR count). The molecule has 0 atom stereocenters. The van der Waals surface area contributed by atoms with Gasteiger partial charge < -0.3 is 12.5 Å². The molecule has 0 amide bonds. The van der Waals surface area contributed by atoms with E-state index in [2.05, 4.69) is 50.3 Å². The Labute approximate surface area is 116 Å². The zero-order valence-electron chi connectivity index (χ0n) is 10.8. The van der Waals surface area contributed by atoms with Crippen molar-refractivity contribution in [2.24, 2.45) is 0 Å². The first kappa shape index (κ1) is 21.0. The molecule has 0 bridgehead atoms. The van der Waals surface area contributed by atoms with Crippen molar-refractivity contribution in [3.63, 3.8) is 0 Å². The number of rotatable bonds is 0. The summed E-state index contributed by atoms with van der Waals surface area (Å²) >= 11 is 0. The minimum Gasteiger partial charge on any atom is -0.400 e. The maximum absolute atomic E-state index is 7.00. The smallest absolute Gasteiger partial charge is 0.0319 e. The van der Waals surface area contributed by atoms with Crippen LogP contribution in [0.3, 0.4) is 0 Å². The predicted octanol–water partition coefficient (Wildman–Crippen LogP) is 3.84. The van der Waals surface area contributed by atoms with Crippen molar-refractivity contribution in [2.75, 3.05) is 7.11 Å². The van der Waals surface area contributed by atoms with E-state index < -0.39 is 0 Å². The average Bonchev–Trinajstić information content (AvgIpc) is 2.83.